The molecule has 0 amide bonds. The highest BCUT2D eigenvalue weighted by Gasteiger charge is 2.15. The lowest BCUT2D eigenvalue weighted by molar-refractivity contribution is 0.385. The third-order valence-corrected chi connectivity index (χ3v) is 5.12. The number of sulfone groups is 1. The van der Waals surface area contributed by atoms with Crippen LogP contribution in [0, 0.1) is 13.8 Å². The van der Waals surface area contributed by atoms with E-state index < -0.39 is 9.84 Å². The monoisotopic (exact) mass is 346 g/mol. The Bertz CT molecular complexity index is 985. The van der Waals surface area contributed by atoms with E-state index in [1.54, 1.807) is 12.1 Å². The van der Waals surface area contributed by atoms with Crippen LogP contribution in [0.15, 0.2) is 33.7 Å². The van der Waals surface area contributed by atoms with Gasteiger partial charge in [-0.25, -0.2) is 8.42 Å². The number of hydrogen-bond acceptors (Lipinski definition) is 6. The van der Waals surface area contributed by atoms with Gasteiger partial charge in [0.15, 0.2) is 9.84 Å². The molecule has 0 unspecified atom stereocenters. The fraction of sp³-hybridized carbons (Fsp3) is 0.312. The summed E-state index contributed by atoms with van der Waals surface area (Å²) < 4.78 is 30.1. The van der Waals surface area contributed by atoms with Gasteiger partial charge >= 0.3 is 0 Å². The largest absolute Gasteiger partial charge is 0.339 e. The Labute approximate surface area is 140 Å². The van der Waals surface area contributed by atoms with Crippen molar-refractivity contribution < 1.29 is 12.9 Å². The molecule has 0 aliphatic rings. The number of aryl methyl sites for hydroxylation is 2. The maximum Gasteiger partial charge on any atom is 0.231 e. The third-order valence-electron chi connectivity index (χ3n) is 4.00. The number of rotatable bonds is 4. The highest BCUT2D eigenvalue weighted by molar-refractivity contribution is 7.90. The number of nitrogens with zero attached hydrogens (tertiary/aromatic N) is 4. The van der Waals surface area contributed by atoms with Crippen LogP contribution >= 0.6 is 0 Å². The van der Waals surface area contributed by atoms with Crippen molar-refractivity contribution in [2.75, 3.05) is 6.26 Å². The Morgan fingerprint density at radius 3 is 2.38 bits per heavy atom. The SMILES string of the molecule is Cc1nn(C)c(C)c1Cc1nc(-c2ccc(S(C)(=O)=O)cc2)no1. The smallest absolute Gasteiger partial charge is 0.231 e. The van der Waals surface area contributed by atoms with Gasteiger partial charge in [-0.2, -0.15) is 10.1 Å². The van der Waals surface area contributed by atoms with Gasteiger partial charge in [0.1, 0.15) is 0 Å². The van der Waals surface area contributed by atoms with E-state index in [4.69, 9.17) is 4.52 Å². The average Bonchev–Trinajstić information content (AvgIpc) is 3.08. The van der Waals surface area contributed by atoms with Gasteiger partial charge in [0.25, 0.3) is 0 Å². The molecule has 2 heterocycles. The van der Waals surface area contributed by atoms with E-state index in [9.17, 15) is 8.42 Å². The van der Waals surface area contributed by atoms with Crippen molar-refractivity contribution in [3.63, 3.8) is 0 Å². The van der Waals surface area contributed by atoms with Gasteiger partial charge in [-0.15, -0.1) is 0 Å². The van der Waals surface area contributed by atoms with Gasteiger partial charge in [-0.1, -0.05) is 5.16 Å². The fourth-order valence-corrected chi connectivity index (χ4v) is 3.15. The van der Waals surface area contributed by atoms with E-state index in [1.165, 1.54) is 18.4 Å². The second-order valence-electron chi connectivity index (χ2n) is 5.76. The molecule has 0 saturated carbocycles. The topological polar surface area (TPSA) is 90.9 Å². The Morgan fingerprint density at radius 2 is 1.83 bits per heavy atom. The maximum absolute atomic E-state index is 11.5. The Kier molecular flexibility index (Phi) is 4.00. The summed E-state index contributed by atoms with van der Waals surface area (Å²) in [6.45, 7) is 3.94. The van der Waals surface area contributed by atoms with Gasteiger partial charge in [-0.3, -0.25) is 4.68 Å². The van der Waals surface area contributed by atoms with Crippen molar-refractivity contribution in [2.24, 2.45) is 7.05 Å². The number of aromatic nitrogens is 4. The van der Waals surface area contributed by atoms with E-state index in [0.29, 0.717) is 23.7 Å². The zero-order valence-electron chi connectivity index (χ0n) is 13.9. The molecule has 0 spiro atoms. The van der Waals surface area contributed by atoms with Crippen LogP contribution in [0.5, 0.6) is 0 Å². The molecule has 0 aliphatic carbocycles. The molecule has 0 fully saturated rings. The quantitative estimate of drug-likeness (QED) is 0.718. The van der Waals surface area contributed by atoms with Gasteiger partial charge in [0.2, 0.25) is 11.7 Å². The lowest BCUT2D eigenvalue weighted by atomic mass is 10.1. The van der Waals surface area contributed by atoms with Gasteiger partial charge in [0.05, 0.1) is 17.0 Å². The maximum atomic E-state index is 11.5. The van der Waals surface area contributed by atoms with E-state index in [0.717, 1.165) is 17.0 Å². The number of benzene rings is 1. The van der Waals surface area contributed by atoms with E-state index in [1.807, 2.05) is 25.6 Å². The average molecular weight is 346 g/mol. The van der Waals surface area contributed by atoms with Crippen molar-refractivity contribution >= 4 is 9.84 Å². The van der Waals surface area contributed by atoms with E-state index in [2.05, 4.69) is 15.2 Å². The predicted octanol–water partition coefficient (Wildman–Crippen LogP) is 2.08. The summed E-state index contributed by atoms with van der Waals surface area (Å²) in [6, 6.07) is 6.42. The first-order valence-electron chi connectivity index (χ1n) is 7.38. The third kappa shape index (κ3) is 3.09. The van der Waals surface area contributed by atoms with Crippen LogP contribution in [-0.2, 0) is 23.3 Å². The van der Waals surface area contributed by atoms with Crippen LogP contribution in [0.3, 0.4) is 0 Å². The molecule has 3 aromatic rings. The van der Waals surface area contributed by atoms with Crippen LogP contribution in [0.4, 0.5) is 0 Å². The Balaban J connectivity index is 1.85. The summed E-state index contributed by atoms with van der Waals surface area (Å²) in [5, 5.41) is 8.35. The molecule has 126 valence electrons. The van der Waals surface area contributed by atoms with Crippen LogP contribution in [0.1, 0.15) is 22.8 Å². The standard InChI is InChI=1S/C16H18N4O3S/c1-10-14(11(2)20(3)18-10)9-15-17-16(19-23-15)12-5-7-13(8-6-12)24(4,21)22/h5-8H,9H2,1-4H3. The predicted molar refractivity (Wildman–Crippen MR) is 88.3 cm³/mol. The van der Waals surface area contributed by atoms with Crippen molar-refractivity contribution in [3.8, 4) is 11.4 Å². The summed E-state index contributed by atoms with van der Waals surface area (Å²) in [5.41, 5.74) is 3.77. The van der Waals surface area contributed by atoms with Crippen LogP contribution in [0.2, 0.25) is 0 Å². The summed E-state index contributed by atoms with van der Waals surface area (Å²) >= 11 is 0. The molecule has 1 aromatic carbocycles. The molecule has 24 heavy (non-hydrogen) atoms. The summed E-state index contributed by atoms with van der Waals surface area (Å²) in [6.07, 6.45) is 1.69. The van der Waals surface area contributed by atoms with Crippen molar-refractivity contribution in [1.82, 2.24) is 19.9 Å². The van der Waals surface area contributed by atoms with Gasteiger partial charge in [0, 0.05) is 30.1 Å². The van der Waals surface area contributed by atoms with Crippen LogP contribution < -0.4 is 0 Å². The first-order chi connectivity index (χ1) is 11.3. The van der Waals surface area contributed by atoms with E-state index >= 15 is 0 Å². The highest BCUT2D eigenvalue weighted by Crippen LogP contribution is 2.21. The van der Waals surface area contributed by atoms with Gasteiger partial charge in [-0.05, 0) is 38.1 Å². The molecule has 0 N–H and O–H groups in total. The Morgan fingerprint density at radius 1 is 1.17 bits per heavy atom. The van der Waals surface area contributed by atoms with Crippen molar-refractivity contribution in [3.05, 3.63) is 47.1 Å². The molecule has 3 rings (SSSR count). The molecule has 0 bridgehead atoms. The minimum Gasteiger partial charge on any atom is -0.339 e. The van der Waals surface area contributed by atoms with Gasteiger partial charge < -0.3 is 4.52 Å². The minimum atomic E-state index is -3.22. The fourth-order valence-electron chi connectivity index (χ4n) is 2.52. The lowest BCUT2D eigenvalue weighted by Gasteiger charge is -1.99. The summed E-state index contributed by atoms with van der Waals surface area (Å²) in [7, 11) is -1.32. The molecule has 2 aromatic heterocycles. The summed E-state index contributed by atoms with van der Waals surface area (Å²) in [5.74, 6) is 0.931. The first kappa shape index (κ1) is 16.4. The molecule has 0 radical (unpaired) electrons. The molecule has 0 atom stereocenters. The number of hydrogen-bond donors (Lipinski definition) is 0. The van der Waals surface area contributed by atoms with Crippen LogP contribution in [0.25, 0.3) is 11.4 Å². The minimum absolute atomic E-state index is 0.261. The lowest BCUT2D eigenvalue weighted by Crippen LogP contribution is -1.96. The normalized spacial score (nSPS) is 11.8. The van der Waals surface area contributed by atoms with Crippen LogP contribution in [-0.4, -0.2) is 34.6 Å². The van der Waals surface area contributed by atoms with Crippen molar-refractivity contribution in [1.29, 1.82) is 0 Å². The molecule has 8 heteroatoms. The van der Waals surface area contributed by atoms with Crippen molar-refractivity contribution in [2.45, 2.75) is 25.2 Å². The molecule has 0 aliphatic heterocycles. The summed E-state index contributed by atoms with van der Waals surface area (Å²) in [4.78, 5) is 4.66. The zero-order valence-corrected chi connectivity index (χ0v) is 14.8. The second kappa shape index (κ2) is 5.86. The highest BCUT2D eigenvalue weighted by atomic mass is 32.2. The Hall–Kier alpha value is -2.48. The molecular formula is C16H18N4O3S. The second-order valence-corrected chi connectivity index (χ2v) is 7.77. The molecule has 0 saturated heterocycles. The van der Waals surface area contributed by atoms with E-state index in [-0.39, 0.29) is 4.90 Å². The molecular weight excluding hydrogens is 328 g/mol. The first-order valence-corrected chi connectivity index (χ1v) is 9.27. The molecule has 7 nitrogen and oxygen atoms in total. The zero-order chi connectivity index (χ0) is 17.5.